The Hall–Kier alpha value is -3.25. The number of fused-ring (bicyclic) bond motifs is 1. The third-order valence-electron chi connectivity index (χ3n) is 12.3. The predicted octanol–water partition coefficient (Wildman–Crippen LogP) is 7.92. The first kappa shape index (κ1) is 36.0. The highest BCUT2D eigenvalue weighted by molar-refractivity contribution is 6.06. The number of amides is 2. The molecular weight excluding hydrogens is 594 g/mol. The van der Waals surface area contributed by atoms with E-state index in [-0.39, 0.29) is 23.0 Å². The van der Waals surface area contributed by atoms with Crippen LogP contribution in [0.2, 0.25) is 0 Å². The second kappa shape index (κ2) is 16.0. The quantitative estimate of drug-likeness (QED) is 0.236. The van der Waals surface area contributed by atoms with E-state index in [0.29, 0.717) is 31.0 Å². The Morgan fingerprint density at radius 1 is 0.958 bits per heavy atom. The van der Waals surface area contributed by atoms with Crippen LogP contribution in [0.25, 0.3) is 5.57 Å². The lowest BCUT2D eigenvalue weighted by atomic mass is 9.67. The molecule has 0 radical (unpaired) electrons. The summed E-state index contributed by atoms with van der Waals surface area (Å²) in [6.45, 7) is 15.6. The van der Waals surface area contributed by atoms with Gasteiger partial charge in [0.25, 0.3) is 5.91 Å². The van der Waals surface area contributed by atoms with Crippen LogP contribution in [-0.2, 0) is 19.8 Å². The summed E-state index contributed by atoms with van der Waals surface area (Å²) in [5.74, 6) is 1.00. The third-order valence-corrected chi connectivity index (χ3v) is 12.3. The van der Waals surface area contributed by atoms with Gasteiger partial charge in [-0.15, -0.1) is 0 Å². The molecule has 3 unspecified atom stereocenters. The maximum atomic E-state index is 13.3. The topological polar surface area (TPSA) is 69.7 Å². The van der Waals surface area contributed by atoms with Gasteiger partial charge in [0.05, 0.1) is 0 Å². The number of hydrogen-bond acceptors (Lipinski definition) is 4. The van der Waals surface area contributed by atoms with Crippen molar-refractivity contribution in [2.24, 2.45) is 11.8 Å². The van der Waals surface area contributed by atoms with Crippen molar-refractivity contribution in [3.05, 3.63) is 76.9 Å². The van der Waals surface area contributed by atoms with E-state index in [2.05, 4.69) is 92.5 Å². The molecule has 2 saturated heterocycles. The number of likely N-dealkylation sites (tertiary alicyclic amines) is 2. The van der Waals surface area contributed by atoms with Gasteiger partial charge in [-0.1, -0.05) is 87.4 Å². The van der Waals surface area contributed by atoms with Crippen molar-refractivity contribution in [2.75, 3.05) is 26.2 Å². The van der Waals surface area contributed by atoms with Crippen LogP contribution in [0.4, 0.5) is 0 Å². The van der Waals surface area contributed by atoms with Gasteiger partial charge in [0.15, 0.2) is 11.8 Å². The molecule has 2 aromatic carbocycles. The number of nitrogens with one attached hydrogen (secondary N) is 1. The van der Waals surface area contributed by atoms with Gasteiger partial charge in [0.1, 0.15) is 0 Å². The normalized spacial score (nSPS) is 24.0. The molecule has 260 valence electrons. The molecule has 48 heavy (non-hydrogen) atoms. The summed E-state index contributed by atoms with van der Waals surface area (Å²) in [4.78, 5) is 41.9. The predicted molar refractivity (Wildman–Crippen MR) is 196 cm³/mol. The number of rotatable bonds is 12. The van der Waals surface area contributed by atoms with Crippen LogP contribution in [0, 0.1) is 11.8 Å². The molecule has 5 atom stereocenters. The lowest BCUT2D eigenvalue weighted by molar-refractivity contribution is -0.141. The molecule has 1 aliphatic carbocycles. The Morgan fingerprint density at radius 2 is 1.65 bits per heavy atom. The van der Waals surface area contributed by atoms with E-state index in [0.717, 1.165) is 44.7 Å². The van der Waals surface area contributed by atoms with Crippen LogP contribution in [0.1, 0.15) is 122 Å². The Labute approximate surface area is 289 Å². The summed E-state index contributed by atoms with van der Waals surface area (Å²) >= 11 is 0. The first-order valence-corrected chi connectivity index (χ1v) is 18.7. The van der Waals surface area contributed by atoms with E-state index < -0.39 is 6.04 Å². The molecule has 6 nitrogen and oxygen atoms in total. The van der Waals surface area contributed by atoms with Crippen molar-refractivity contribution in [1.29, 1.82) is 0 Å². The Morgan fingerprint density at radius 3 is 2.29 bits per heavy atom. The summed E-state index contributed by atoms with van der Waals surface area (Å²) in [7, 11) is 0. The lowest BCUT2D eigenvalue weighted by Crippen LogP contribution is -2.55. The van der Waals surface area contributed by atoms with Gasteiger partial charge >= 0.3 is 0 Å². The van der Waals surface area contributed by atoms with Gasteiger partial charge in [-0.3, -0.25) is 14.4 Å². The summed E-state index contributed by atoms with van der Waals surface area (Å²) in [5, 5.41) is 2.57. The highest BCUT2D eigenvalue weighted by Crippen LogP contribution is 2.48. The van der Waals surface area contributed by atoms with Crippen molar-refractivity contribution in [1.82, 2.24) is 15.1 Å². The zero-order valence-electron chi connectivity index (χ0n) is 30.4. The van der Waals surface area contributed by atoms with Crippen LogP contribution < -0.4 is 5.32 Å². The van der Waals surface area contributed by atoms with Crippen molar-refractivity contribution < 1.29 is 14.4 Å². The van der Waals surface area contributed by atoms with Crippen LogP contribution in [0.5, 0.6) is 0 Å². The smallest absolute Gasteiger partial charge is 0.252 e. The van der Waals surface area contributed by atoms with E-state index in [1.54, 1.807) is 21.6 Å². The summed E-state index contributed by atoms with van der Waals surface area (Å²) in [5.41, 5.74) is 7.54. The van der Waals surface area contributed by atoms with Crippen LogP contribution >= 0.6 is 0 Å². The SMILES string of the molecule is CCC[C@@H]1C[C@H](C(C)C2CC(C)=C(CC)c3ccccc32)CCN1CCC1(c2ccccc2)CCN(C(=O)C(NC(C)=O)C(C)=O)CC1. The molecule has 5 rings (SSSR count). The number of Topliss-reactive ketones (excluding diaryl/α,β-unsaturated/α-hetero) is 1. The molecular formula is C42H59N3O3. The largest absolute Gasteiger partial charge is 0.340 e. The van der Waals surface area contributed by atoms with Gasteiger partial charge < -0.3 is 15.1 Å². The molecule has 0 bridgehead atoms. The molecule has 2 aliphatic heterocycles. The van der Waals surface area contributed by atoms with Crippen LogP contribution in [0.3, 0.4) is 0 Å². The Bertz CT molecular complexity index is 1460. The first-order valence-electron chi connectivity index (χ1n) is 18.7. The minimum atomic E-state index is -1.10. The van der Waals surface area contributed by atoms with E-state index in [9.17, 15) is 14.4 Å². The third kappa shape index (κ3) is 7.80. The summed E-state index contributed by atoms with van der Waals surface area (Å²) < 4.78 is 0. The minimum absolute atomic E-state index is 0.0225. The van der Waals surface area contributed by atoms with Gasteiger partial charge in [0, 0.05) is 26.1 Å². The van der Waals surface area contributed by atoms with Crippen molar-refractivity contribution in [3.63, 3.8) is 0 Å². The van der Waals surface area contributed by atoms with Gasteiger partial charge in [0.2, 0.25) is 5.91 Å². The molecule has 1 N–H and O–H groups in total. The van der Waals surface area contributed by atoms with E-state index in [1.165, 1.54) is 57.1 Å². The van der Waals surface area contributed by atoms with E-state index in [4.69, 9.17) is 0 Å². The molecule has 3 aliphatic rings. The lowest BCUT2D eigenvalue weighted by Gasteiger charge is -2.47. The number of carbonyl (C=O) groups is 3. The zero-order chi connectivity index (χ0) is 34.4. The maximum absolute atomic E-state index is 13.3. The fourth-order valence-electron chi connectivity index (χ4n) is 9.42. The number of benzene rings is 2. The molecule has 6 heteroatoms. The fourth-order valence-corrected chi connectivity index (χ4v) is 9.42. The second-order valence-corrected chi connectivity index (χ2v) is 15.1. The Balaban J connectivity index is 1.28. The van der Waals surface area contributed by atoms with Gasteiger partial charge in [-0.25, -0.2) is 0 Å². The Kier molecular flexibility index (Phi) is 12.0. The first-order chi connectivity index (χ1) is 23.1. The van der Waals surface area contributed by atoms with Gasteiger partial charge in [-0.05, 0) is 124 Å². The van der Waals surface area contributed by atoms with Crippen LogP contribution in [0.15, 0.2) is 60.2 Å². The number of ketones is 1. The number of piperidine rings is 2. The average molecular weight is 654 g/mol. The van der Waals surface area contributed by atoms with Crippen molar-refractivity contribution in [3.8, 4) is 0 Å². The molecule has 0 saturated carbocycles. The van der Waals surface area contributed by atoms with E-state index in [1.807, 2.05) is 0 Å². The second-order valence-electron chi connectivity index (χ2n) is 15.1. The minimum Gasteiger partial charge on any atom is -0.340 e. The standard InChI is InChI=1S/C42H59N3O3/c1-7-14-35-28-33(30(4)39-27-29(3)36(8-2)37-17-12-13-18-38(37)39)19-23-44(35)24-20-42(34-15-10-9-11-16-34)21-25-45(26-22-42)41(48)40(31(5)46)43-32(6)47/h9-13,15-18,30,33,35,39-40H,7-8,14,19-28H2,1-6H3,(H,43,47)/t30?,33-,35-,39?,40?/m1/s1. The highest BCUT2D eigenvalue weighted by atomic mass is 16.2. The maximum Gasteiger partial charge on any atom is 0.252 e. The molecule has 0 aromatic heterocycles. The van der Waals surface area contributed by atoms with E-state index >= 15 is 0 Å². The molecule has 2 heterocycles. The molecule has 2 aromatic rings. The number of hydrogen-bond donors (Lipinski definition) is 1. The van der Waals surface area contributed by atoms with Crippen LogP contribution in [-0.4, -0.2) is 65.7 Å². The molecule has 0 spiro atoms. The number of carbonyl (C=O) groups excluding carboxylic acids is 3. The average Bonchev–Trinajstić information content (AvgIpc) is 3.09. The van der Waals surface area contributed by atoms with Crippen molar-refractivity contribution >= 4 is 23.2 Å². The fraction of sp³-hybridized carbons (Fsp3) is 0.595. The zero-order valence-corrected chi connectivity index (χ0v) is 30.4. The monoisotopic (exact) mass is 653 g/mol. The number of allylic oxidation sites excluding steroid dienone is 2. The van der Waals surface area contributed by atoms with Gasteiger partial charge in [-0.2, -0.15) is 0 Å². The summed E-state index contributed by atoms with van der Waals surface area (Å²) in [6, 6.07) is 19.6. The molecule has 2 fully saturated rings. The number of nitrogens with zero attached hydrogens (tertiary/aromatic N) is 2. The molecule has 2 amide bonds. The highest BCUT2D eigenvalue weighted by Gasteiger charge is 2.41. The summed E-state index contributed by atoms with van der Waals surface area (Å²) in [6.07, 6.45) is 10.0. The van der Waals surface area contributed by atoms with Crippen molar-refractivity contribution in [2.45, 2.75) is 123 Å².